The number of rotatable bonds is 3. The molecule has 2 atom stereocenters. The van der Waals surface area contributed by atoms with Crippen LogP contribution in [0.3, 0.4) is 0 Å². The lowest BCUT2D eigenvalue weighted by molar-refractivity contribution is 0.0945. The van der Waals surface area contributed by atoms with Crippen LogP contribution >= 0.6 is 11.6 Å². The number of hydrogen-bond acceptors (Lipinski definition) is 3. The van der Waals surface area contributed by atoms with Gasteiger partial charge in [0.1, 0.15) is 5.52 Å². The zero-order valence-electron chi connectivity index (χ0n) is 11.8. The van der Waals surface area contributed by atoms with Crippen LogP contribution in [0.2, 0.25) is 0 Å². The minimum absolute atomic E-state index is 0.0854. The molecule has 1 aromatic carbocycles. The second kappa shape index (κ2) is 6.39. The van der Waals surface area contributed by atoms with Gasteiger partial charge in [0.05, 0.1) is 11.1 Å². The van der Waals surface area contributed by atoms with Crippen molar-refractivity contribution in [1.82, 2.24) is 15.3 Å². The van der Waals surface area contributed by atoms with Crippen molar-refractivity contribution in [3.63, 3.8) is 0 Å². The van der Waals surface area contributed by atoms with Crippen LogP contribution in [0, 0.1) is 5.92 Å². The maximum absolute atomic E-state index is 12.4. The largest absolute Gasteiger partial charge is 0.352 e. The molecule has 4 nitrogen and oxygen atoms in total. The molecule has 2 unspecified atom stereocenters. The normalized spacial score (nSPS) is 22.1. The molecule has 21 heavy (non-hydrogen) atoms. The van der Waals surface area contributed by atoms with Crippen LogP contribution in [0.5, 0.6) is 0 Å². The van der Waals surface area contributed by atoms with Crippen molar-refractivity contribution in [3.05, 3.63) is 36.2 Å². The number of carbonyl (C=O) groups excluding carboxylic acids is 1. The van der Waals surface area contributed by atoms with Crippen molar-refractivity contribution in [3.8, 4) is 0 Å². The molecule has 1 heterocycles. The van der Waals surface area contributed by atoms with Crippen LogP contribution in [0.4, 0.5) is 0 Å². The van der Waals surface area contributed by atoms with Crippen molar-refractivity contribution in [2.45, 2.75) is 31.1 Å². The van der Waals surface area contributed by atoms with Gasteiger partial charge in [0.2, 0.25) is 0 Å². The Bertz CT molecular complexity index is 641. The molecule has 110 valence electrons. The molecule has 0 saturated heterocycles. The second-order valence-corrected chi connectivity index (χ2v) is 6.19. The van der Waals surface area contributed by atoms with Gasteiger partial charge in [0, 0.05) is 24.3 Å². The molecule has 1 aliphatic rings. The maximum atomic E-state index is 12.4. The summed E-state index contributed by atoms with van der Waals surface area (Å²) >= 11 is 6.19. The van der Waals surface area contributed by atoms with Gasteiger partial charge in [-0.1, -0.05) is 12.5 Å². The zero-order valence-corrected chi connectivity index (χ0v) is 12.5. The lowest BCUT2D eigenvalue weighted by Gasteiger charge is -2.25. The van der Waals surface area contributed by atoms with E-state index in [9.17, 15) is 4.79 Å². The Labute approximate surface area is 128 Å². The van der Waals surface area contributed by atoms with Gasteiger partial charge in [0.25, 0.3) is 5.91 Å². The SMILES string of the molecule is O=C(NCC1CCCC(Cl)C1)c1cccc2nccnc12. The van der Waals surface area contributed by atoms with E-state index < -0.39 is 0 Å². The van der Waals surface area contributed by atoms with Gasteiger partial charge >= 0.3 is 0 Å². The van der Waals surface area contributed by atoms with Crippen LogP contribution in [0.25, 0.3) is 11.0 Å². The number of nitrogens with one attached hydrogen (secondary N) is 1. The number of aromatic nitrogens is 2. The molecule has 0 radical (unpaired) electrons. The summed E-state index contributed by atoms with van der Waals surface area (Å²) in [6.07, 6.45) is 7.60. The summed E-state index contributed by atoms with van der Waals surface area (Å²) in [5.41, 5.74) is 1.97. The van der Waals surface area contributed by atoms with Gasteiger partial charge in [-0.2, -0.15) is 0 Å². The molecular formula is C16H18ClN3O. The maximum Gasteiger partial charge on any atom is 0.253 e. The Morgan fingerprint density at radius 2 is 2.14 bits per heavy atom. The van der Waals surface area contributed by atoms with Crippen molar-refractivity contribution in [2.75, 3.05) is 6.54 Å². The molecule has 0 bridgehead atoms. The number of benzene rings is 1. The van der Waals surface area contributed by atoms with E-state index in [-0.39, 0.29) is 11.3 Å². The second-order valence-electron chi connectivity index (χ2n) is 5.57. The molecular weight excluding hydrogens is 286 g/mol. The summed E-state index contributed by atoms with van der Waals surface area (Å²) in [4.78, 5) is 20.9. The number of hydrogen-bond donors (Lipinski definition) is 1. The Morgan fingerprint density at radius 1 is 1.29 bits per heavy atom. The zero-order chi connectivity index (χ0) is 14.7. The van der Waals surface area contributed by atoms with Gasteiger partial charge in [-0.3, -0.25) is 14.8 Å². The minimum atomic E-state index is -0.0854. The number of nitrogens with zero attached hydrogens (tertiary/aromatic N) is 2. The summed E-state index contributed by atoms with van der Waals surface area (Å²) in [5.74, 6) is 0.393. The first-order valence-corrected chi connectivity index (χ1v) is 7.79. The topological polar surface area (TPSA) is 54.9 Å². The van der Waals surface area contributed by atoms with E-state index in [0.29, 0.717) is 23.5 Å². The molecule has 1 amide bonds. The fourth-order valence-corrected chi connectivity index (χ4v) is 3.33. The molecule has 1 aliphatic carbocycles. The number of para-hydroxylation sites is 1. The average Bonchev–Trinajstić information content (AvgIpc) is 2.52. The Morgan fingerprint density at radius 3 is 3.00 bits per heavy atom. The number of fused-ring (bicyclic) bond motifs is 1. The first kappa shape index (κ1) is 14.3. The van der Waals surface area contributed by atoms with Crippen LogP contribution in [0.15, 0.2) is 30.6 Å². The number of carbonyl (C=O) groups is 1. The minimum Gasteiger partial charge on any atom is -0.352 e. The quantitative estimate of drug-likeness (QED) is 0.886. The summed E-state index contributed by atoms with van der Waals surface area (Å²) in [6, 6.07) is 5.48. The predicted molar refractivity (Wildman–Crippen MR) is 83.5 cm³/mol. The summed E-state index contributed by atoms with van der Waals surface area (Å²) < 4.78 is 0. The summed E-state index contributed by atoms with van der Waals surface area (Å²) in [6.45, 7) is 0.679. The lowest BCUT2D eigenvalue weighted by Crippen LogP contribution is -2.32. The van der Waals surface area contributed by atoms with E-state index in [1.165, 1.54) is 0 Å². The molecule has 1 fully saturated rings. The van der Waals surface area contributed by atoms with Gasteiger partial charge in [0.15, 0.2) is 0 Å². The summed E-state index contributed by atoms with van der Waals surface area (Å²) in [7, 11) is 0. The lowest BCUT2D eigenvalue weighted by atomic mass is 9.89. The number of alkyl halides is 1. The average molecular weight is 304 g/mol. The highest BCUT2D eigenvalue weighted by Gasteiger charge is 2.21. The first-order chi connectivity index (χ1) is 10.2. The van der Waals surface area contributed by atoms with Crippen molar-refractivity contribution in [2.24, 2.45) is 5.92 Å². The molecule has 2 aromatic rings. The standard InChI is InChI=1S/C16H18ClN3O/c17-12-4-1-3-11(9-12)10-20-16(21)13-5-2-6-14-15(13)19-8-7-18-14/h2,5-8,11-12H,1,3-4,9-10H2,(H,20,21). The van der Waals surface area contributed by atoms with Crippen LogP contribution in [-0.2, 0) is 0 Å². The van der Waals surface area contributed by atoms with Crippen LogP contribution in [-0.4, -0.2) is 27.8 Å². The fourth-order valence-electron chi connectivity index (χ4n) is 2.92. The highest BCUT2D eigenvalue weighted by atomic mass is 35.5. The van der Waals surface area contributed by atoms with E-state index in [1.54, 1.807) is 18.5 Å². The fraction of sp³-hybridized carbons (Fsp3) is 0.438. The number of halogens is 1. The Hall–Kier alpha value is -1.68. The third-order valence-electron chi connectivity index (χ3n) is 4.01. The molecule has 0 aliphatic heterocycles. The van der Waals surface area contributed by atoms with Gasteiger partial charge in [-0.25, -0.2) is 0 Å². The van der Waals surface area contributed by atoms with Crippen molar-refractivity contribution in [1.29, 1.82) is 0 Å². The highest BCUT2D eigenvalue weighted by Crippen LogP contribution is 2.27. The van der Waals surface area contributed by atoms with Gasteiger partial charge in [-0.05, 0) is 37.3 Å². The Balaban J connectivity index is 1.69. The monoisotopic (exact) mass is 303 g/mol. The smallest absolute Gasteiger partial charge is 0.253 e. The predicted octanol–water partition coefficient (Wildman–Crippen LogP) is 3.16. The van der Waals surface area contributed by atoms with E-state index in [1.807, 2.05) is 12.1 Å². The Kier molecular flexibility index (Phi) is 4.34. The molecule has 0 spiro atoms. The first-order valence-electron chi connectivity index (χ1n) is 7.36. The van der Waals surface area contributed by atoms with Gasteiger partial charge in [-0.15, -0.1) is 11.6 Å². The highest BCUT2D eigenvalue weighted by molar-refractivity contribution is 6.20. The third kappa shape index (κ3) is 3.32. The van der Waals surface area contributed by atoms with Crippen LogP contribution in [0.1, 0.15) is 36.0 Å². The van der Waals surface area contributed by atoms with E-state index in [2.05, 4.69) is 15.3 Å². The molecule has 1 saturated carbocycles. The van der Waals surface area contributed by atoms with Crippen molar-refractivity contribution < 1.29 is 4.79 Å². The van der Waals surface area contributed by atoms with E-state index >= 15 is 0 Å². The van der Waals surface area contributed by atoms with Crippen LogP contribution < -0.4 is 5.32 Å². The number of amides is 1. The van der Waals surface area contributed by atoms with Crippen molar-refractivity contribution >= 4 is 28.5 Å². The van der Waals surface area contributed by atoms with Gasteiger partial charge < -0.3 is 5.32 Å². The third-order valence-corrected chi connectivity index (χ3v) is 4.41. The molecule has 1 N–H and O–H groups in total. The van der Waals surface area contributed by atoms with E-state index in [4.69, 9.17) is 11.6 Å². The molecule has 1 aromatic heterocycles. The molecule has 3 rings (SSSR count). The van der Waals surface area contributed by atoms with E-state index in [0.717, 1.165) is 31.2 Å². The summed E-state index contributed by atoms with van der Waals surface area (Å²) in [5, 5.41) is 3.27. The molecule has 5 heteroatoms.